The van der Waals surface area contributed by atoms with Gasteiger partial charge in [-0.2, -0.15) is 87.8 Å². The van der Waals surface area contributed by atoms with Gasteiger partial charge in [-0.1, -0.05) is 26.7 Å². The number of carbonyl (C=O) groups is 1. The third-order valence-corrected chi connectivity index (χ3v) is 5.87. The highest BCUT2D eigenvalue weighted by atomic mass is 35.5. The van der Waals surface area contributed by atoms with Gasteiger partial charge in [0.2, 0.25) is 0 Å². The van der Waals surface area contributed by atoms with Crippen molar-refractivity contribution < 1.29 is 92.6 Å². The molecule has 0 aliphatic carbocycles. The molecule has 0 rings (SSSR count). The van der Waals surface area contributed by atoms with Crippen molar-refractivity contribution in [1.29, 1.82) is 0 Å². The normalized spacial score (nSPS) is 15.7. The van der Waals surface area contributed by atoms with Crippen molar-refractivity contribution in [2.75, 3.05) is 13.1 Å². The van der Waals surface area contributed by atoms with Gasteiger partial charge in [0.1, 0.15) is 0 Å². The SMILES string of the molecule is CCCCN(CCCC)C(=O)C(F)(F)C(F)(F)C(F)(F)C(F)(F)C(F)(F)C(F)(F)C(F)(F)C(F)(F)C(F)(F)C(F)(F)Cl. The van der Waals surface area contributed by atoms with Gasteiger partial charge in [0.05, 0.1) is 0 Å². The summed E-state index contributed by atoms with van der Waals surface area (Å²) in [6, 6.07) is 0. The molecule has 0 aliphatic heterocycles. The summed E-state index contributed by atoms with van der Waals surface area (Å²) in [7, 11) is 0. The first-order chi connectivity index (χ1) is 18.2. The molecule has 42 heavy (non-hydrogen) atoms. The minimum Gasteiger partial charge on any atom is -0.337 e. The molecule has 252 valence electrons. The van der Waals surface area contributed by atoms with Crippen LogP contribution in [0, 0.1) is 0 Å². The van der Waals surface area contributed by atoms with Crippen molar-refractivity contribution in [3.8, 4) is 0 Å². The molecule has 0 aromatic heterocycles. The topological polar surface area (TPSA) is 20.3 Å². The van der Waals surface area contributed by atoms with Crippen LogP contribution in [0.1, 0.15) is 39.5 Å². The zero-order valence-corrected chi connectivity index (χ0v) is 21.3. The second-order valence-corrected chi connectivity index (χ2v) is 9.14. The maximum Gasteiger partial charge on any atom is 0.393 e. The third-order valence-electron chi connectivity index (χ3n) is 5.63. The minimum atomic E-state index is -9.15. The predicted molar refractivity (Wildman–Crippen MR) is 102 cm³/mol. The molecule has 23 heteroatoms. The standard InChI is InChI=1S/C19H18ClF20NO/c1-3-5-7-41(8-6-4-2)9(42)10(21,22)11(23,24)12(25,26)13(27,28)14(29,30)15(31,32)16(33,34)17(35,36)18(37,38)19(20,39)40/h3-8H2,1-2H3. The van der Waals surface area contributed by atoms with Gasteiger partial charge in [-0.15, -0.1) is 0 Å². The number of amides is 1. The molecular formula is C19H18ClF20NO. The number of halogens is 21. The van der Waals surface area contributed by atoms with E-state index in [1.807, 2.05) is 0 Å². The van der Waals surface area contributed by atoms with Crippen LogP contribution in [0.15, 0.2) is 0 Å². The summed E-state index contributed by atoms with van der Waals surface area (Å²) in [6.45, 7) is 0.654. The highest BCUT2D eigenvalue weighted by Crippen LogP contribution is 2.66. The lowest BCUT2D eigenvalue weighted by Gasteiger charge is -2.44. The van der Waals surface area contributed by atoms with Crippen LogP contribution in [-0.2, 0) is 4.79 Å². The van der Waals surface area contributed by atoms with Crippen LogP contribution >= 0.6 is 11.6 Å². The average molecular weight is 692 g/mol. The van der Waals surface area contributed by atoms with Crippen molar-refractivity contribution in [1.82, 2.24) is 4.90 Å². The van der Waals surface area contributed by atoms with Gasteiger partial charge in [0, 0.05) is 13.1 Å². The Balaban J connectivity index is 7.08. The second-order valence-electron chi connectivity index (χ2n) is 8.67. The van der Waals surface area contributed by atoms with E-state index in [1.54, 1.807) is 0 Å². The molecule has 0 aromatic carbocycles. The first-order valence-corrected chi connectivity index (χ1v) is 11.3. The Kier molecular flexibility index (Phi) is 11.2. The first-order valence-electron chi connectivity index (χ1n) is 10.9. The Morgan fingerprint density at radius 2 is 0.714 bits per heavy atom. The number of hydrogen-bond donors (Lipinski definition) is 0. The van der Waals surface area contributed by atoms with Crippen molar-refractivity contribution >= 4 is 17.5 Å². The molecule has 0 aromatic rings. The van der Waals surface area contributed by atoms with E-state index in [4.69, 9.17) is 0 Å². The number of rotatable bonds is 16. The second kappa shape index (κ2) is 11.7. The molecule has 0 aliphatic rings. The Hall–Kier alpha value is -1.64. The largest absolute Gasteiger partial charge is 0.393 e. The first kappa shape index (κ1) is 40.4. The van der Waals surface area contributed by atoms with Crippen molar-refractivity contribution in [3.05, 3.63) is 0 Å². The molecule has 0 N–H and O–H groups in total. The van der Waals surface area contributed by atoms with Crippen LogP contribution in [0.3, 0.4) is 0 Å². The van der Waals surface area contributed by atoms with Crippen LogP contribution in [-0.4, -0.2) is 82.6 Å². The zero-order chi connectivity index (χ0) is 34.4. The molecule has 0 heterocycles. The highest BCUT2D eigenvalue weighted by Gasteiger charge is 2.98. The fourth-order valence-corrected chi connectivity index (χ4v) is 3.02. The molecule has 0 bridgehead atoms. The van der Waals surface area contributed by atoms with E-state index in [0.717, 1.165) is 0 Å². The average Bonchev–Trinajstić information content (AvgIpc) is 2.81. The summed E-state index contributed by atoms with van der Waals surface area (Å²) >= 11 is 3.36. The Morgan fingerprint density at radius 3 is 0.952 bits per heavy atom. The van der Waals surface area contributed by atoms with Crippen molar-refractivity contribution in [2.45, 2.75) is 98.2 Å². The summed E-state index contributed by atoms with van der Waals surface area (Å²) in [5, 5.41) is -7.06. The predicted octanol–water partition coefficient (Wildman–Crippen LogP) is 8.96. The molecule has 0 atom stereocenters. The van der Waals surface area contributed by atoms with Gasteiger partial charge in [-0.25, -0.2) is 0 Å². The fourth-order valence-electron chi connectivity index (χ4n) is 2.90. The Labute approximate surface area is 227 Å². The van der Waals surface area contributed by atoms with E-state index in [1.165, 1.54) is 13.8 Å². The smallest absolute Gasteiger partial charge is 0.337 e. The molecule has 1 amide bonds. The molecule has 0 radical (unpaired) electrons. The zero-order valence-electron chi connectivity index (χ0n) is 20.5. The Bertz CT molecular complexity index is 936. The number of nitrogens with zero attached hydrogens (tertiary/aromatic N) is 1. The van der Waals surface area contributed by atoms with Gasteiger partial charge in [0.25, 0.3) is 5.91 Å². The van der Waals surface area contributed by atoms with E-state index < -0.39 is 77.7 Å². The van der Waals surface area contributed by atoms with E-state index >= 15 is 0 Å². The van der Waals surface area contributed by atoms with Crippen LogP contribution in [0.25, 0.3) is 0 Å². The van der Waals surface area contributed by atoms with E-state index in [2.05, 4.69) is 11.6 Å². The lowest BCUT2D eigenvalue weighted by molar-refractivity contribution is -0.464. The summed E-state index contributed by atoms with van der Waals surface area (Å²) in [5.41, 5.74) is 0. The van der Waals surface area contributed by atoms with Crippen LogP contribution in [0.2, 0.25) is 0 Å². The van der Waals surface area contributed by atoms with Gasteiger partial charge in [0.15, 0.2) is 0 Å². The summed E-state index contributed by atoms with van der Waals surface area (Å²) in [4.78, 5) is 11.6. The molecule has 0 spiro atoms. The van der Waals surface area contributed by atoms with Gasteiger partial charge in [-0.3, -0.25) is 4.79 Å². The number of carbonyl (C=O) groups excluding carboxylic acids is 1. The molecule has 0 saturated carbocycles. The molecule has 0 saturated heterocycles. The third kappa shape index (κ3) is 5.65. The lowest BCUT2D eigenvalue weighted by Crippen LogP contribution is -2.77. The Morgan fingerprint density at radius 1 is 0.476 bits per heavy atom. The van der Waals surface area contributed by atoms with Crippen molar-refractivity contribution in [3.63, 3.8) is 0 Å². The van der Waals surface area contributed by atoms with Crippen LogP contribution in [0.4, 0.5) is 87.8 Å². The summed E-state index contributed by atoms with van der Waals surface area (Å²) < 4.78 is 273. The van der Waals surface area contributed by atoms with Crippen molar-refractivity contribution in [2.24, 2.45) is 0 Å². The molecule has 0 fully saturated rings. The number of alkyl halides is 21. The van der Waals surface area contributed by atoms with Gasteiger partial charge in [-0.05, 0) is 24.4 Å². The van der Waals surface area contributed by atoms with Gasteiger partial charge >= 0.3 is 58.7 Å². The fraction of sp³-hybridized carbons (Fsp3) is 0.947. The number of unbranched alkanes of at least 4 members (excludes halogenated alkanes) is 2. The number of hydrogen-bond acceptors (Lipinski definition) is 1. The maximum atomic E-state index is 14.3. The van der Waals surface area contributed by atoms with Crippen LogP contribution in [0.5, 0.6) is 0 Å². The monoisotopic (exact) mass is 691 g/mol. The van der Waals surface area contributed by atoms with Gasteiger partial charge < -0.3 is 4.90 Å². The van der Waals surface area contributed by atoms with Crippen LogP contribution < -0.4 is 0 Å². The quantitative estimate of drug-likeness (QED) is 0.117. The van der Waals surface area contributed by atoms with E-state index in [-0.39, 0.29) is 30.6 Å². The molecule has 0 unspecified atom stereocenters. The summed E-state index contributed by atoms with van der Waals surface area (Å²) in [5.74, 6) is -80.7. The molecule has 2 nitrogen and oxygen atoms in total. The van der Waals surface area contributed by atoms with E-state index in [9.17, 15) is 92.6 Å². The maximum absolute atomic E-state index is 14.3. The molecular weight excluding hydrogens is 674 g/mol. The minimum absolute atomic E-state index is 0.0129. The lowest BCUT2D eigenvalue weighted by atomic mass is 9.86. The highest BCUT2D eigenvalue weighted by molar-refractivity contribution is 6.22. The van der Waals surface area contributed by atoms with E-state index in [0.29, 0.717) is 0 Å². The summed E-state index contributed by atoms with van der Waals surface area (Å²) in [6.07, 6.45) is -0.714.